The molecule has 1 saturated heterocycles. The molecule has 0 N–H and O–H groups in total. The molecule has 15 heavy (non-hydrogen) atoms. The monoisotopic (exact) mass is 210 g/mol. The van der Waals surface area contributed by atoms with Crippen LogP contribution in [0.1, 0.15) is 26.7 Å². The van der Waals surface area contributed by atoms with Gasteiger partial charge < -0.3 is 9.64 Å². The molecule has 0 aromatic rings. The van der Waals surface area contributed by atoms with Crippen molar-refractivity contribution in [2.45, 2.75) is 26.7 Å². The second-order valence-corrected chi connectivity index (χ2v) is 5.16. The van der Waals surface area contributed by atoms with Gasteiger partial charge in [0, 0.05) is 6.54 Å². The molecular formula is C12H22N2O. The van der Waals surface area contributed by atoms with Crippen molar-refractivity contribution in [3.05, 3.63) is 0 Å². The van der Waals surface area contributed by atoms with E-state index in [1.165, 1.54) is 12.8 Å². The first-order valence-electron chi connectivity index (χ1n) is 5.75. The fourth-order valence-corrected chi connectivity index (χ4v) is 1.90. The summed E-state index contributed by atoms with van der Waals surface area (Å²) in [4.78, 5) is 2.26. The van der Waals surface area contributed by atoms with Crippen molar-refractivity contribution in [1.82, 2.24) is 4.90 Å². The SMILES string of the molecule is CC(C)CCCN(C)CC1(C#N)COC1. The Bertz CT molecular complexity index is 228. The van der Waals surface area contributed by atoms with E-state index in [2.05, 4.69) is 31.9 Å². The number of rotatable bonds is 6. The molecule has 3 nitrogen and oxygen atoms in total. The molecule has 0 saturated carbocycles. The Hall–Kier alpha value is -0.590. The van der Waals surface area contributed by atoms with E-state index in [-0.39, 0.29) is 5.41 Å². The minimum Gasteiger partial charge on any atom is -0.378 e. The van der Waals surface area contributed by atoms with Crippen LogP contribution in [0.5, 0.6) is 0 Å². The lowest BCUT2D eigenvalue weighted by molar-refractivity contribution is -0.0888. The highest BCUT2D eigenvalue weighted by Crippen LogP contribution is 2.27. The summed E-state index contributed by atoms with van der Waals surface area (Å²) >= 11 is 0. The van der Waals surface area contributed by atoms with Crippen LogP contribution in [0.15, 0.2) is 0 Å². The van der Waals surface area contributed by atoms with E-state index in [1.54, 1.807) is 0 Å². The largest absolute Gasteiger partial charge is 0.378 e. The van der Waals surface area contributed by atoms with Crippen molar-refractivity contribution in [3.8, 4) is 6.07 Å². The third-order valence-corrected chi connectivity index (χ3v) is 2.89. The Balaban J connectivity index is 2.18. The van der Waals surface area contributed by atoms with Gasteiger partial charge in [-0.1, -0.05) is 13.8 Å². The van der Waals surface area contributed by atoms with E-state index in [4.69, 9.17) is 10.00 Å². The molecule has 1 aliphatic heterocycles. The molecule has 0 radical (unpaired) electrons. The summed E-state index contributed by atoms with van der Waals surface area (Å²) in [5.74, 6) is 0.773. The highest BCUT2D eigenvalue weighted by molar-refractivity contribution is 5.05. The second-order valence-electron chi connectivity index (χ2n) is 5.16. The van der Waals surface area contributed by atoms with E-state index in [9.17, 15) is 0 Å². The molecule has 0 spiro atoms. The number of hydrogen-bond acceptors (Lipinski definition) is 3. The summed E-state index contributed by atoms with van der Waals surface area (Å²) < 4.78 is 5.12. The van der Waals surface area contributed by atoms with E-state index >= 15 is 0 Å². The van der Waals surface area contributed by atoms with E-state index in [0.29, 0.717) is 13.2 Å². The molecule has 0 aromatic carbocycles. The van der Waals surface area contributed by atoms with Gasteiger partial charge in [-0.25, -0.2) is 0 Å². The normalized spacial score (nSPS) is 18.9. The number of nitriles is 1. The average molecular weight is 210 g/mol. The van der Waals surface area contributed by atoms with Gasteiger partial charge in [-0.05, 0) is 32.4 Å². The first-order chi connectivity index (χ1) is 7.08. The number of hydrogen-bond donors (Lipinski definition) is 0. The molecule has 0 aromatic heterocycles. The van der Waals surface area contributed by atoms with Crippen molar-refractivity contribution < 1.29 is 4.74 Å². The van der Waals surface area contributed by atoms with Crippen LogP contribution in [0.2, 0.25) is 0 Å². The Morgan fingerprint density at radius 1 is 1.47 bits per heavy atom. The molecule has 1 fully saturated rings. The molecule has 1 aliphatic rings. The third kappa shape index (κ3) is 3.81. The first-order valence-corrected chi connectivity index (χ1v) is 5.75. The summed E-state index contributed by atoms with van der Waals surface area (Å²) in [7, 11) is 2.09. The molecule has 86 valence electrons. The van der Waals surface area contributed by atoms with Crippen molar-refractivity contribution in [2.24, 2.45) is 11.3 Å². The van der Waals surface area contributed by atoms with Crippen LogP contribution in [0.25, 0.3) is 0 Å². The zero-order chi connectivity index (χ0) is 11.3. The van der Waals surface area contributed by atoms with Crippen LogP contribution in [0.3, 0.4) is 0 Å². The third-order valence-electron chi connectivity index (χ3n) is 2.89. The lowest BCUT2D eigenvalue weighted by Crippen LogP contribution is -2.49. The maximum atomic E-state index is 9.04. The summed E-state index contributed by atoms with van der Waals surface area (Å²) in [5, 5.41) is 9.04. The number of ether oxygens (including phenoxy) is 1. The Morgan fingerprint density at radius 2 is 2.13 bits per heavy atom. The molecule has 0 atom stereocenters. The van der Waals surface area contributed by atoms with Gasteiger partial charge in [-0.3, -0.25) is 0 Å². The average Bonchev–Trinajstić information content (AvgIpc) is 2.11. The lowest BCUT2D eigenvalue weighted by atomic mass is 9.87. The minimum absolute atomic E-state index is 0.216. The first kappa shape index (κ1) is 12.5. The standard InChI is InChI=1S/C12H22N2O/c1-11(2)5-4-6-14(3)8-12(7-13)9-15-10-12/h11H,4-6,8-10H2,1-3H3. The molecule has 1 heterocycles. The van der Waals surface area contributed by atoms with Crippen molar-refractivity contribution in [2.75, 3.05) is 33.4 Å². The van der Waals surface area contributed by atoms with Crippen LogP contribution < -0.4 is 0 Å². The molecular weight excluding hydrogens is 188 g/mol. The Morgan fingerprint density at radius 3 is 2.53 bits per heavy atom. The molecule has 0 unspecified atom stereocenters. The highest BCUT2D eigenvalue weighted by Gasteiger charge is 2.39. The van der Waals surface area contributed by atoms with Gasteiger partial charge >= 0.3 is 0 Å². The Labute approximate surface area is 93.0 Å². The van der Waals surface area contributed by atoms with Crippen LogP contribution in [-0.4, -0.2) is 38.3 Å². The summed E-state index contributed by atoms with van der Waals surface area (Å²) in [6.07, 6.45) is 2.48. The summed E-state index contributed by atoms with van der Waals surface area (Å²) in [6, 6.07) is 2.38. The molecule has 0 aliphatic carbocycles. The fourth-order valence-electron chi connectivity index (χ4n) is 1.90. The molecule has 0 bridgehead atoms. The quantitative estimate of drug-likeness (QED) is 0.671. The zero-order valence-electron chi connectivity index (χ0n) is 10.1. The van der Waals surface area contributed by atoms with Crippen molar-refractivity contribution >= 4 is 0 Å². The smallest absolute Gasteiger partial charge is 0.116 e. The van der Waals surface area contributed by atoms with Crippen LogP contribution in [0, 0.1) is 22.7 Å². The lowest BCUT2D eigenvalue weighted by Gasteiger charge is -2.38. The summed E-state index contributed by atoms with van der Waals surface area (Å²) in [5.41, 5.74) is -0.216. The predicted octanol–water partition coefficient (Wildman–Crippen LogP) is 1.89. The zero-order valence-corrected chi connectivity index (χ0v) is 10.1. The van der Waals surface area contributed by atoms with Crippen LogP contribution in [0.4, 0.5) is 0 Å². The van der Waals surface area contributed by atoms with E-state index < -0.39 is 0 Å². The maximum absolute atomic E-state index is 9.04. The van der Waals surface area contributed by atoms with Gasteiger partial charge in [0.05, 0.1) is 19.3 Å². The van der Waals surface area contributed by atoms with Crippen molar-refractivity contribution in [1.29, 1.82) is 5.26 Å². The summed E-state index contributed by atoms with van der Waals surface area (Å²) in [6.45, 7) is 7.65. The van der Waals surface area contributed by atoms with E-state index in [1.807, 2.05) is 0 Å². The topological polar surface area (TPSA) is 36.3 Å². The molecule has 1 rings (SSSR count). The highest BCUT2D eigenvalue weighted by atomic mass is 16.5. The molecule has 0 amide bonds. The van der Waals surface area contributed by atoms with Gasteiger partial charge in [0.1, 0.15) is 5.41 Å². The second kappa shape index (κ2) is 5.48. The van der Waals surface area contributed by atoms with Gasteiger partial charge in [0.15, 0.2) is 0 Å². The predicted molar refractivity (Wildman–Crippen MR) is 60.4 cm³/mol. The van der Waals surface area contributed by atoms with Crippen LogP contribution in [-0.2, 0) is 4.74 Å². The maximum Gasteiger partial charge on any atom is 0.116 e. The number of nitrogens with zero attached hydrogens (tertiary/aromatic N) is 2. The van der Waals surface area contributed by atoms with Gasteiger partial charge in [0.2, 0.25) is 0 Å². The van der Waals surface area contributed by atoms with Gasteiger partial charge in [0.25, 0.3) is 0 Å². The van der Waals surface area contributed by atoms with Crippen LogP contribution >= 0.6 is 0 Å². The van der Waals surface area contributed by atoms with Crippen molar-refractivity contribution in [3.63, 3.8) is 0 Å². The molecule has 3 heteroatoms. The fraction of sp³-hybridized carbons (Fsp3) is 0.917. The van der Waals surface area contributed by atoms with E-state index in [0.717, 1.165) is 19.0 Å². The van der Waals surface area contributed by atoms with Gasteiger partial charge in [-0.2, -0.15) is 5.26 Å². The minimum atomic E-state index is -0.216. The Kier molecular flexibility index (Phi) is 4.56. The van der Waals surface area contributed by atoms with Gasteiger partial charge in [-0.15, -0.1) is 0 Å².